The van der Waals surface area contributed by atoms with E-state index in [4.69, 9.17) is 9.02 Å². The Labute approximate surface area is 153 Å². The minimum atomic E-state index is -4.10. The fourth-order valence-corrected chi connectivity index (χ4v) is 2.94. The Morgan fingerprint density at radius 2 is 1.77 bits per heavy atom. The molecule has 2 aromatic carbocycles. The Bertz CT molecular complexity index is 912. The molecule has 0 aliphatic heterocycles. The van der Waals surface area contributed by atoms with Crippen LogP contribution >= 0.6 is 0 Å². The lowest BCUT2D eigenvalue weighted by Crippen LogP contribution is -2.06. The van der Waals surface area contributed by atoms with Crippen LogP contribution in [0, 0.1) is 11.3 Å². The summed E-state index contributed by atoms with van der Waals surface area (Å²) in [5.41, 5.74) is 1.33. The molecule has 26 heavy (non-hydrogen) atoms. The van der Waals surface area contributed by atoms with Crippen molar-refractivity contribution < 1.29 is 17.4 Å². The normalized spacial score (nSPS) is 12.9. The number of ether oxygens (including phenoxy) is 1. The predicted octanol–water partition coefficient (Wildman–Crippen LogP) is 3.84. The zero-order valence-electron chi connectivity index (χ0n) is 14.8. The molecule has 1 atom stereocenters. The summed E-state index contributed by atoms with van der Waals surface area (Å²) in [6.07, 6.45) is 0.959. The van der Waals surface area contributed by atoms with Crippen LogP contribution in [-0.2, 0) is 14.4 Å². The van der Waals surface area contributed by atoms with Crippen molar-refractivity contribution in [3.63, 3.8) is 0 Å². The molecule has 2 aromatic rings. The van der Waals surface area contributed by atoms with Gasteiger partial charge in [0.05, 0.1) is 7.11 Å². The lowest BCUT2D eigenvalue weighted by Gasteiger charge is -2.09. The molecule has 0 saturated heterocycles. The fraction of sp³-hybridized carbons (Fsp3) is 0.263. The highest BCUT2D eigenvalue weighted by atomic mass is 32.2. The largest absolute Gasteiger partial charge is 0.497 e. The van der Waals surface area contributed by atoms with Gasteiger partial charge in [-0.25, -0.2) is 0 Å². The van der Waals surface area contributed by atoms with Gasteiger partial charge < -0.3 is 4.74 Å². The lowest BCUT2D eigenvalue weighted by atomic mass is 9.99. The molecule has 2 rings (SSSR count). The monoisotopic (exact) mass is 372 g/mol. The Hall–Kier alpha value is -2.85. The zero-order valence-corrected chi connectivity index (χ0v) is 15.7. The molecule has 7 heteroatoms. The molecule has 136 valence electrons. The van der Waals surface area contributed by atoms with Crippen LogP contribution in [0.4, 0.5) is 0 Å². The van der Waals surface area contributed by atoms with Gasteiger partial charge in [-0.05, 0) is 54.3 Å². The molecule has 0 radical (unpaired) electrons. The first-order valence-corrected chi connectivity index (χ1v) is 9.48. The average molecular weight is 372 g/mol. The molecule has 0 aliphatic carbocycles. The number of hydrogen-bond acceptors (Lipinski definition) is 6. The lowest BCUT2D eigenvalue weighted by molar-refractivity contribution is 0.339. The molecular weight excluding hydrogens is 352 g/mol. The number of benzene rings is 2. The number of hydrogen-bond donors (Lipinski definition) is 0. The Morgan fingerprint density at radius 1 is 1.15 bits per heavy atom. The molecule has 0 saturated carbocycles. The first-order chi connectivity index (χ1) is 12.4. The third-order valence-electron chi connectivity index (χ3n) is 4.05. The first kappa shape index (κ1) is 19.5. The second-order valence-corrected chi connectivity index (χ2v) is 7.22. The molecular formula is C19H20N2O4S. The molecule has 0 bridgehead atoms. The van der Waals surface area contributed by atoms with Gasteiger partial charge in [-0.15, -0.1) is 0 Å². The smallest absolute Gasteiger partial charge is 0.358 e. The summed E-state index contributed by atoms with van der Waals surface area (Å²) < 4.78 is 34.3. The molecule has 0 aliphatic rings. The summed E-state index contributed by atoms with van der Waals surface area (Å²) in [6, 6.07) is 14.8. The SMILES string of the molecule is CCC(C)c1ccc(S(=O)(=O)ON=C(C#N)c2ccc(OC)cc2)cc1. The van der Waals surface area contributed by atoms with Crippen molar-refractivity contribution in [2.24, 2.45) is 5.16 Å². The van der Waals surface area contributed by atoms with E-state index >= 15 is 0 Å². The van der Waals surface area contributed by atoms with Gasteiger partial charge in [0.2, 0.25) is 0 Å². The number of methoxy groups -OCH3 is 1. The van der Waals surface area contributed by atoms with Crippen molar-refractivity contribution in [3.8, 4) is 11.8 Å². The molecule has 0 spiro atoms. The maximum absolute atomic E-state index is 12.3. The van der Waals surface area contributed by atoms with E-state index in [0.717, 1.165) is 12.0 Å². The van der Waals surface area contributed by atoms with Gasteiger partial charge in [0.25, 0.3) is 0 Å². The van der Waals surface area contributed by atoms with Crippen molar-refractivity contribution in [1.29, 1.82) is 5.26 Å². The number of nitriles is 1. The van der Waals surface area contributed by atoms with Gasteiger partial charge in [-0.3, -0.25) is 4.28 Å². The van der Waals surface area contributed by atoms with Crippen LogP contribution in [0.1, 0.15) is 37.3 Å². The third-order valence-corrected chi connectivity index (χ3v) is 5.17. The molecule has 6 nitrogen and oxygen atoms in total. The fourth-order valence-electron chi connectivity index (χ4n) is 2.21. The highest BCUT2D eigenvalue weighted by Gasteiger charge is 2.17. The van der Waals surface area contributed by atoms with Crippen LogP contribution in [0.3, 0.4) is 0 Å². The molecule has 0 N–H and O–H groups in total. The highest BCUT2D eigenvalue weighted by molar-refractivity contribution is 7.86. The predicted molar refractivity (Wildman–Crippen MR) is 98.6 cm³/mol. The van der Waals surface area contributed by atoms with Gasteiger partial charge in [-0.2, -0.15) is 13.7 Å². The van der Waals surface area contributed by atoms with Crippen molar-refractivity contribution in [3.05, 3.63) is 59.7 Å². The maximum Gasteiger partial charge on any atom is 0.358 e. The molecule has 0 fully saturated rings. The number of oxime groups is 1. The summed E-state index contributed by atoms with van der Waals surface area (Å²) >= 11 is 0. The van der Waals surface area contributed by atoms with Crippen molar-refractivity contribution in [2.45, 2.75) is 31.1 Å². The standard InChI is InChI=1S/C19H20N2O4S/c1-4-14(2)15-7-11-18(12-8-15)26(22,23)25-21-19(13-20)16-5-9-17(24-3)10-6-16/h5-12,14H,4H2,1-3H3. The summed E-state index contributed by atoms with van der Waals surface area (Å²) in [5.74, 6) is 0.951. The van der Waals surface area contributed by atoms with E-state index in [2.05, 4.69) is 19.0 Å². The first-order valence-electron chi connectivity index (χ1n) is 8.07. The van der Waals surface area contributed by atoms with E-state index in [0.29, 0.717) is 17.2 Å². The molecule has 0 heterocycles. The van der Waals surface area contributed by atoms with Crippen LogP contribution < -0.4 is 4.74 Å². The minimum absolute atomic E-state index is 0.0136. The summed E-state index contributed by atoms with van der Waals surface area (Å²) in [6.45, 7) is 4.13. The summed E-state index contributed by atoms with van der Waals surface area (Å²) in [4.78, 5) is -0.0136. The van der Waals surface area contributed by atoms with Gasteiger partial charge >= 0.3 is 10.1 Å². The van der Waals surface area contributed by atoms with E-state index in [1.54, 1.807) is 36.4 Å². The van der Waals surface area contributed by atoms with Crippen molar-refractivity contribution in [1.82, 2.24) is 0 Å². The second kappa shape index (κ2) is 8.50. The zero-order chi connectivity index (χ0) is 19.2. The van der Waals surface area contributed by atoms with Crippen LogP contribution in [-0.4, -0.2) is 21.2 Å². The van der Waals surface area contributed by atoms with Crippen LogP contribution in [0.25, 0.3) is 0 Å². The quantitative estimate of drug-likeness (QED) is 0.544. The van der Waals surface area contributed by atoms with E-state index in [1.807, 2.05) is 6.07 Å². The van der Waals surface area contributed by atoms with Crippen molar-refractivity contribution >= 4 is 15.8 Å². The minimum Gasteiger partial charge on any atom is -0.497 e. The van der Waals surface area contributed by atoms with Crippen LogP contribution in [0.15, 0.2) is 58.6 Å². The van der Waals surface area contributed by atoms with Gasteiger partial charge in [0.15, 0.2) is 5.71 Å². The van der Waals surface area contributed by atoms with Crippen LogP contribution in [0.5, 0.6) is 5.75 Å². The molecule has 1 unspecified atom stereocenters. The van der Waals surface area contributed by atoms with E-state index in [1.165, 1.54) is 19.2 Å². The Morgan fingerprint density at radius 3 is 2.27 bits per heavy atom. The Balaban J connectivity index is 2.21. The van der Waals surface area contributed by atoms with Crippen LogP contribution in [0.2, 0.25) is 0 Å². The molecule has 0 aromatic heterocycles. The Kier molecular flexibility index (Phi) is 6.36. The topological polar surface area (TPSA) is 88.8 Å². The van der Waals surface area contributed by atoms with Gasteiger partial charge in [-0.1, -0.05) is 31.1 Å². The van der Waals surface area contributed by atoms with E-state index in [9.17, 15) is 13.7 Å². The average Bonchev–Trinajstić information content (AvgIpc) is 2.68. The molecule has 0 amide bonds. The van der Waals surface area contributed by atoms with Gasteiger partial charge in [0, 0.05) is 5.56 Å². The van der Waals surface area contributed by atoms with E-state index < -0.39 is 10.1 Å². The highest BCUT2D eigenvalue weighted by Crippen LogP contribution is 2.21. The third kappa shape index (κ3) is 4.61. The number of rotatable bonds is 7. The maximum atomic E-state index is 12.3. The van der Waals surface area contributed by atoms with Crippen molar-refractivity contribution in [2.75, 3.05) is 7.11 Å². The second-order valence-electron chi connectivity index (χ2n) is 5.69. The van der Waals surface area contributed by atoms with E-state index in [-0.39, 0.29) is 10.6 Å². The summed E-state index contributed by atoms with van der Waals surface area (Å²) in [7, 11) is -2.57. The summed E-state index contributed by atoms with van der Waals surface area (Å²) in [5, 5.41) is 12.7. The van der Waals surface area contributed by atoms with Gasteiger partial charge in [0.1, 0.15) is 16.7 Å². The number of nitrogens with zero attached hydrogens (tertiary/aromatic N) is 2.